The lowest BCUT2D eigenvalue weighted by Crippen LogP contribution is -2.39. The predicted molar refractivity (Wildman–Crippen MR) is 83.6 cm³/mol. The highest BCUT2D eigenvalue weighted by Crippen LogP contribution is 2.08. The molecule has 0 aliphatic rings. The normalized spacial score (nSPS) is 11.6. The number of nitrogens with one attached hydrogen (secondary N) is 1. The van der Waals surface area contributed by atoms with Gasteiger partial charge >= 0.3 is 0 Å². The maximum atomic E-state index is 13.1. The standard InChI is InChI=1S/C16H25F2N3/c1-4-6-9-21(3)16(19-5-2)20-8-7-13-10-14(17)12-15(18)11-13/h10-12H,4-9H2,1-3H3,(H,19,20). The third-order valence-electron chi connectivity index (χ3n) is 3.13. The first kappa shape index (κ1) is 17.4. The molecule has 0 unspecified atom stereocenters. The Balaban J connectivity index is 2.60. The molecule has 0 radical (unpaired) electrons. The summed E-state index contributed by atoms with van der Waals surface area (Å²) >= 11 is 0. The lowest BCUT2D eigenvalue weighted by molar-refractivity contribution is 0.465. The fraction of sp³-hybridized carbons (Fsp3) is 0.562. The zero-order valence-electron chi connectivity index (χ0n) is 13.1. The van der Waals surface area contributed by atoms with Crippen LogP contribution in [0.3, 0.4) is 0 Å². The average molecular weight is 297 g/mol. The first-order valence-corrected chi connectivity index (χ1v) is 7.51. The zero-order valence-corrected chi connectivity index (χ0v) is 13.1. The molecule has 0 aromatic heterocycles. The lowest BCUT2D eigenvalue weighted by atomic mass is 10.1. The highest BCUT2D eigenvalue weighted by molar-refractivity contribution is 5.79. The second-order valence-electron chi connectivity index (χ2n) is 5.04. The molecule has 5 heteroatoms. The van der Waals surface area contributed by atoms with Crippen molar-refractivity contribution in [1.82, 2.24) is 10.2 Å². The second kappa shape index (κ2) is 9.32. The molecule has 1 rings (SSSR count). The molecule has 0 atom stereocenters. The molecule has 0 heterocycles. The van der Waals surface area contributed by atoms with E-state index in [9.17, 15) is 8.78 Å². The number of unbranched alkanes of at least 4 members (excludes halogenated alkanes) is 1. The van der Waals surface area contributed by atoms with Crippen molar-refractivity contribution in [3.63, 3.8) is 0 Å². The Kier molecular flexibility index (Phi) is 7.72. The van der Waals surface area contributed by atoms with E-state index in [0.717, 1.165) is 38.0 Å². The summed E-state index contributed by atoms with van der Waals surface area (Å²) in [6, 6.07) is 3.59. The van der Waals surface area contributed by atoms with Crippen molar-refractivity contribution in [2.75, 3.05) is 26.7 Å². The Bertz CT molecular complexity index is 441. The van der Waals surface area contributed by atoms with Crippen molar-refractivity contribution in [3.8, 4) is 0 Å². The van der Waals surface area contributed by atoms with Crippen molar-refractivity contribution in [3.05, 3.63) is 35.4 Å². The van der Waals surface area contributed by atoms with Crippen LogP contribution in [0, 0.1) is 11.6 Å². The number of guanidine groups is 1. The van der Waals surface area contributed by atoms with E-state index in [-0.39, 0.29) is 0 Å². The number of hydrogen-bond acceptors (Lipinski definition) is 1. The van der Waals surface area contributed by atoms with E-state index in [2.05, 4.69) is 22.1 Å². The minimum absolute atomic E-state index is 0.502. The molecule has 0 aliphatic heterocycles. The Morgan fingerprint density at radius 3 is 2.43 bits per heavy atom. The lowest BCUT2D eigenvalue weighted by Gasteiger charge is -2.21. The molecule has 1 N–H and O–H groups in total. The van der Waals surface area contributed by atoms with Gasteiger partial charge in [-0.3, -0.25) is 4.99 Å². The molecule has 0 bridgehead atoms. The van der Waals surface area contributed by atoms with Crippen LogP contribution < -0.4 is 5.32 Å². The summed E-state index contributed by atoms with van der Waals surface area (Å²) in [5.41, 5.74) is 0.628. The van der Waals surface area contributed by atoms with E-state index in [0.29, 0.717) is 18.5 Å². The summed E-state index contributed by atoms with van der Waals surface area (Å²) in [6.45, 7) is 6.41. The Morgan fingerprint density at radius 2 is 1.86 bits per heavy atom. The van der Waals surface area contributed by atoms with Gasteiger partial charge in [-0.2, -0.15) is 0 Å². The van der Waals surface area contributed by atoms with E-state index in [1.54, 1.807) is 0 Å². The van der Waals surface area contributed by atoms with Crippen LogP contribution in [-0.2, 0) is 6.42 Å². The first-order valence-electron chi connectivity index (χ1n) is 7.51. The zero-order chi connectivity index (χ0) is 15.7. The van der Waals surface area contributed by atoms with Gasteiger partial charge < -0.3 is 10.2 Å². The van der Waals surface area contributed by atoms with Crippen molar-refractivity contribution < 1.29 is 8.78 Å². The predicted octanol–water partition coefficient (Wildman–Crippen LogP) is 3.20. The number of hydrogen-bond donors (Lipinski definition) is 1. The van der Waals surface area contributed by atoms with Crippen molar-refractivity contribution in [2.24, 2.45) is 4.99 Å². The summed E-state index contributed by atoms with van der Waals surface area (Å²) in [5.74, 6) is -0.246. The summed E-state index contributed by atoms with van der Waals surface area (Å²) in [6.07, 6.45) is 2.76. The van der Waals surface area contributed by atoms with Gasteiger partial charge in [0.15, 0.2) is 5.96 Å². The number of benzene rings is 1. The average Bonchev–Trinajstić information content (AvgIpc) is 2.42. The highest BCUT2D eigenvalue weighted by Gasteiger charge is 2.05. The molecule has 1 aromatic carbocycles. The minimum atomic E-state index is -0.541. The van der Waals surface area contributed by atoms with Crippen LogP contribution in [0.2, 0.25) is 0 Å². The quantitative estimate of drug-likeness (QED) is 0.618. The van der Waals surface area contributed by atoms with Crippen LogP contribution in [0.5, 0.6) is 0 Å². The van der Waals surface area contributed by atoms with Crippen LogP contribution in [0.25, 0.3) is 0 Å². The van der Waals surface area contributed by atoms with Gasteiger partial charge in [0.2, 0.25) is 0 Å². The van der Waals surface area contributed by atoms with E-state index in [4.69, 9.17) is 0 Å². The molecule has 1 aromatic rings. The second-order valence-corrected chi connectivity index (χ2v) is 5.04. The fourth-order valence-corrected chi connectivity index (χ4v) is 2.02. The van der Waals surface area contributed by atoms with Crippen LogP contribution in [-0.4, -0.2) is 37.5 Å². The van der Waals surface area contributed by atoms with E-state index in [1.807, 2.05) is 14.0 Å². The molecule has 0 saturated carbocycles. The van der Waals surface area contributed by atoms with Gasteiger partial charge in [-0.1, -0.05) is 13.3 Å². The maximum absolute atomic E-state index is 13.1. The van der Waals surface area contributed by atoms with Gasteiger partial charge in [-0.15, -0.1) is 0 Å². The fourth-order valence-electron chi connectivity index (χ4n) is 2.02. The van der Waals surface area contributed by atoms with Crippen LogP contribution in [0.15, 0.2) is 23.2 Å². The number of nitrogens with zero attached hydrogens (tertiary/aromatic N) is 2. The maximum Gasteiger partial charge on any atom is 0.193 e. The molecule has 0 spiro atoms. The molecular formula is C16H25F2N3. The van der Waals surface area contributed by atoms with Gasteiger partial charge in [0.05, 0.1) is 0 Å². The summed E-state index contributed by atoms with van der Waals surface area (Å²) in [4.78, 5) is 6.59. The first-order chi connectivity index (χ1) is 10.1. The van der Waals surface area contributed by atoms with Gasteiger partial charge in [-0.25, -0.2) is 8.78 Å². The Labute approximate surface area is 126 Å². The molecule has 0 saturated heterocycles. The molecule has 0 fully saturated rings. The van der Waals surface area contributed by atoms with Gasteiger partial charge in [0, 0.05) is 32.7 Å². The van der Waals surface area contributed by atoms with E-state index < -0.39 is 11.6 Å². The van der Waals surface area contributed by atoms with Gasteiger partial charge in [0.25, 0.3) is 0 Å². The largest absolute Gasteiger partial charge is 0.357 e. The van der Waals surface area contributed by atoms with Crippen molar-refractivity contribution in [2.45, 2.75) is 33.1 Å². The molecule has 0 aliphatic carbocycles. The van der Waals surface area contributed by atoms with Crippen LogP contribution in [0.1, 0.15) is 32.3 Å². The summed E-state index contributed by atoms with van der Waals surface area (Å²) in [5, 5.41) is 3.23. The monoisotopic (exact) mass is 297 g/mol. The highest BCUT2D eigenvalue weighted by atomic mass is 19.1. The molecule has 3 nitrogen and oxygen atoms in total. The number of rotatable bonds is 7. The van der Waals surface area contributed by atoms with Gasteiger partial charge in [-0.05, 0) is 37.5 Å². The third-order valence-corrected chi connectivity index (χ3v) is 3.13. The third kappa shape index (κ3) is 6.56. The Hall–Kier alpha value is -1.65. The summed E-state index contributed by atoms with van der Waals surface area (Å²) in [7, 11) is 2.00. The number of aliphatic imine (C=N–C) groups is 1. The molecular weight excluding hydrogens is 272 g/mol. The molecule has 21 heavy (non-hydrogen) atoms. The SMILES string of the molecule is CCCCN(C)C(=NCCc1cc(F)cc(F)c1)NCC. The van der Waals surface area contributed by atoms with Crippen molar-refractivity contribution >= 4 is 5.96 Å². The van der Waals surface area contributed by atoms with Crippen LogP contribution in [0.4, 0.5) is 8.78 Å². The summed E-state index contributed by atoms with van der Waals surface area (Å²) < 4.78 is 26.2. The minimum Gasteiger partial charge on any atom is -0.357 e. The van der Waals surface area contributed by atoms with Crippen molar-refractivity contribution in [1.29, 1.82) is 0 Å². The topological polar surface area (TPSA) is 27.6 Å². The van der Waals surface area contributed by atoms with E-state index >= 15 is 0 Å². The van der Waals surface area contributed by atoms with E-state index in [1.165, 1.54) is 12.1 Å². The Morgan fingerprint density at radius 1 is 1.19 bits per heavy atom. The van der Waals surface area contributed by atoms with Gasteiger partial charge in [0.1, 0.15) is 11.6 Å². The smallest absolute Gasteiger partial charge is 0.193 e. The van der Waals surface area contributed by atoms with Crippen LogP contribution >= 0.6 is 0 Å². The molecule has 118 valence electrons. The molecule has 0 amide bonds. The number of halogens is 2.